The molecule has 0 aromatic heterocycles. The summed E-state index contributed by atoms with van der Waals surface area (Å²) in [6.07, 6.45) is -0.152. The number of amides is 1. The summed E-state index contributed by atoms with van der Waals surface area (Å²) in [7, 11) is 1.99. The van der Waals surface area contributed by atoms with E-state index in [4.69, 9.17) is 23.2 Å². The van der Waals surface area contributed by atoms with Gasteiger partial charge in [0.25, 0.3) is 0 Å². The molecule has 1 aliphatic rings. The van der Waals surface area contributed by atoms with Crippen LogP contribution in [0.2, 0.25) is 10.0 Å². The number of hydrogen-bond donors (Lipinski definition) is 2. The summed E-state index contributed by atoms with van der Waals surface area (Å²) in [6.45, 7) is 2.80. The van der Waals surface area contributed by atoms with Crippen LogP contribution in [-0.4, -0.2) is 66.1 Å². The van der Waals surface area contributed by atoms with Crippen molar-refractivity contribution in [1.29, 1.82) is 0 Å². The van der Waals surface area contributed by atoms with Crippen LogP contribution in [0.4, 0.5) is 5.69 Å². The summed E-state index contributed by atoms with van der Waals surface area (Å²) >= 11 is 12.0. The third-order valence-corrected chi connectivity index (χ3v) is 4.50. The van der Waals surface area contributed by atoms with Crippen molar-refractivity contribution in [2.24, 2.45) is 0 Å². The lowest BCUT2D eigenvalue weighted by molar-refractivity contribution is -0.145. The van der Waals surface area contributed by atoms with Gasteiger partial charge in [-0.1, -0.05) is 29.3 Å². The van der Waals surface area contributed by atoms with Crippen LogP contribution in [-0.2, 0) is 9.59 Å². The van der Waals surface area contributed by atoms with Crippen molar-refractivity contribution >= 4 is 40.8 Å². The molecule has 126 valence electrons. The van der Waals surface area contributed by atoms with Crippen LogP contribution in [0, 0.1) is 0 Å². The summed E-state index contributed by atoms with van der Waals surface area (Å²) in [5.41, 5.74) is 0.309. The molecular formula is C15H19Cl2N3O3. The molecule has 0 saturated carbocycles. The zero-order chi connectivity index (χ0) is 17.0. The van der Waals surface area contributed by atoms with Crippen molar-refractivity contribution in [3.05, 3.63) is 28.2 Å². The van der Waals surface area contributed by atoms with Crippen LogP contribution in [0.25, 0.3) is 0 Å². The van der Waals surface area contributed by atoms with E-state index >= 15 is 0 Å². The van der Waals surface area contributed by atoms with Crippen molar-refractivity contribution < 1.29 is 14.7 Å². The standard InChI is InChI=1S/C15H19Cl2N3O3/c1-19-5-7-20(8-6-19)12(15(22)23)9-13(21)18-14-10(16)3-2-4-11(14)17/h2-4,12H,5-9H2,1H3,(H,18,21)(H,22,23)/t12-/m0/s1. The Bertz CT molecular complexity index is 569. The zero-order valence-electron chi connectivity index (χ0n) is 12.8. The van der Waals surface area contributed by atoms with Crippen LogP contribution < -0.4 is 5.32 Å². The number of carboxylic acids is 1. The highest BCUT2D eigenvalue weighted by Crippen LogP contribution is 2.30. The van der Waals surface area contributed by atoms with Gasteiger partial charge in [-0.3, -0.25) is 14.5 Å². The molecule has 2 rings (SSSR count). The molecule has 1 aliphatic heterocycles. The minimum Gasteiger partial charge on any atom is -0.480 e. The molecule has 8 heteroatoms. The van der Waals surface area contributed by atoms with Crippen molar-refractivity contribution in [1.82, 2.24) is 9.80 Å². The lowest BCUT2D eigenvalue weighted by atomic mass is 10.1. The number of aliphatic carboxylic acids is 1. The monoisotopic (exact) mass is 359 g/mol. The molecule has 1 fully saturated rings. The minimum atomic E-state index is -1.00. The summed E-state index contributed by atoms with van der Waals surface area (Å²) in [4.78, 5) is 27.7. The van der Waals surface area contributed by atoms with E-state index in [1.807, 2.05) is 11.9 Å². The third-order valence-electron chi connectivity index (χ3n) is 3.87. The number of likely N-dealkylation sites (N-methyl/N-ethyl adjacent to an activating group) is 1. The second kappa shape index (κ2) is 7.97. The molecule has 1 amide bonds. The molecule has 6 nitrogen and oxygen atoms in total. The van der Waals surface area contributed by atoms with Crippen LogP contribution in [0.5, 0.6) is 0 Å². The van der Waals surface area contributed by atoms with E-state index in [2.05, 4.69) is 10.2 Å². The number of nitrogens with zero attached hydrogens (tertiary/aromatic N) is 2. The summed E-state index contributed by atoms with van der Waals surface area (Å²) in [6, 6.07) is 4.03. The van der Waals surface area contributed by atoms with Gasteiger partial charge < -0.3 is 15.3 Å². The van der Waals surface area contributed by atoms with Gasteiger partial charge in [0.1, 0.15) is 6.04 Å². The van der Waals surface area contributed by atoms with Gasteiger partial charge >= 0.3 is 5.97 Å². The first-order chi connectivity index (χ1) is 10.9. The Balaban J connectivity index is 2.02. The Morgan fingerprint density at radius 1 is 1.22 bits per heavy atom. The second-order valence-corrected chi connectivity index (χ2v) is 6.36. The number of nitrogens with one attached hydrogen (secondary N) is 1. The highest BCUT2D eigenvalue weighted by molar-refractivity contribution is 6.39. The van der Waals surface area contributed by atoms with Crippen molar-refractivity contribution in [3.63, 3.8) is 0 Å². The van der Waals surface area contributed by atoms with Crippen LogP contribution in [0.1, 0.15) is 6.42 Å². The number of halogens is 2. The third kappa shape index (κ3) is 4.81. The van der Waals surface area contributed by atoms with E-state index in [0.717, 1.165) is 13.1 Å². The first-order valence-electron chi connectivity index (χ1n) is 7.27. The summed E-state index contributed by atoms with van der Waals surface area (Å²) in [5.74, 6) is -1.43. The Morgan fingerprint density at radius 3 is 2.30 bits per heavy atom. The largest absolute Gasteiger partial charge is 0.480 e. The Hall–Kier alpha value is -1.34. The number of para-hydroxylation sites is 1. The molecule has 0 radical (unpaired) electrons. The lowest BCUT2D eigenvalue weighted by Crippen LogP contribution is -2.52. The van der Waals surface area contributed by atoms with Crippen molar-refractivity contribution in [2.45, 2.75) is 12.5 Å². The molecule has 23 heavy (non-hydrogen) atoms. The predicted molar refractivity (Wildman–Crippen MR) is 90.2 cm³/mol. The first-order valence-corrected chi connectivity index (χ1v) is 8.03. The molecule has 1 aromatic carbocycles. The molecule has 0 unspecified atom stereocenters. The normalized spacial score (nSPS) is 17.7. The molecule has 2 N–H and O–H groups in total. The van der Waals surface area contributed by atoms with Gasteiger partial charge in [-0.15, -0.1) is 0 Å². The van der Waals surface area contributed by atoms with Crippen molar-refractivity contribution in [2.75, 3.05) is 38.5 Å². The van der Waals surface area contributed by atoms with E-state index in [1.165, 1.54) is 0 Å². The summed E-state index contributed by atoms with van der Waals surface area (Å²) in [5, 5.41) is 12.7. The quantitative estimate of drug-likeness (QED) is 0.841. The van der Waals surface area contributed by atoms with Gasteiger partial charge in [0.15, 0.2) is 0 Å². The number of anilines is 1. The van der Waals surface area contributed by atoms with E-state index in [-0.39, 0.29) is 6.42 Å². The number of carboxylic acid groups (broad SMARTS) is 1. The molecule has 1 aromatic rings. The first kappa shape index (κ1) is 18.0. The second-order valence-electron chi connectivity index (χ2n) is 5.54. The Kier molecular flexibility index (Phi) is 6.24. The van der Waals surface area contributed by atoms with Crippen LogP contribution >= 0.6 is 23.2 Å². The Morgan fingerprint density at radius 2 is 1.78 bits per heavy atom. The van der Waals surface area contributed by atoms with Gasteiger partial charge in [0, 0.05) is 26.2 Å². The van der Waals surface area contributed by atoms with Gasteiger partial charge in [-0.2, -0.15) is 0 Å². The fourth-order valence-corrected chi connectivity index (χ4v) is 2.98. The van der Waals surface area contributed by atoms with Gasteiger partial charge in [0.2, 0.25) is 5.91 Å². The highest BCUT2D eigenvalue weighted by Gasteiger charge is 2.30. The molecule has 0 bridgehead atoms. The molecule has 0 aliphatic carbocycles. The number of benzene rings is 1. The van der Waals surface area contributed by atoms with Crippen LogP contribution in [0.3, 0.4) is 0 Å². The van der Waals surface area contributed by atoms with Gasteiger partial charge in [0.05, 0.1) is 22.2 Å². The maximum atomic E-state index is 12.2. The number of rotatable bonds is 5. The molecule has 1 saturated heterocycles. The molecule has 1 atom stereocenters. The smallest absolute Gasteiger partial charge is 0.321 e. The highest BCUT2D eigenvalue weighted by atomic mass is 35.5. The fourth-order valence-electron chi connectivity index (χ4n) is 2.49. The molecular weight excluding hydrogens is 341 g/mol. The van der Waals surface area contributed by atoms with E-state index < -0.39 is 17.9 Å². The van der Waals surface area contributed by atoms with E-state index in [1.54, 1.807) is 18.2 Å². The lowest BCUT2D eigenvalue weighted by Gasteiger charge is -2.35. The molecule has 1 heterocycles. The van der Waals surface area contributed by atoms with Gasteiger partial charge in [-0.05, 0) is 19.2 Å². The number of piperazine rings is 1. The zero-order valence-corrected chi connectivity index (χ0v) is 14.3. The maximum absolute atomic E-state index is 12.2. The maximum Gasteiger partial charge on any atom is 0.321 e. The number of hydrogen-bond acceptors (Lipinski definition) is 4. The number of carbonyl (C=O) groups excluding carboxylic acids is 1. The van der Waals surface area contributed by atoms with E-state index in [9.17, 15) is 14.7 Å². The molecule has 0 spiro atoms. The Labute approximate surface area is 145 Å². The number of carbonyl (C=O) groups is 2. The average Bonchev–Trinajstić information content (AvgIpc) is 2.49. The van der Waals surface area contributed by atoms with Gasteiger partial charge in [-0.25, -0.2) is 0 Å². The fraction of sp³-hybridized carbons (Fsp3) is 0.467. The topological polar surface area (TPSA) is 72.9 Å². The SMILES string of the molecule is CN1CCN([C@@H](CC(=O)Nc2c(Cl)cccc2Cl)C(=O)O)CC1. The summed E-state index contributed by atoms with van der Waals surface area (Å²) < 4.78 is 0. The van der Waals surface area contributed by atoms with Crippen molar-refractivity contribution in [3.8, 4) is 0 Å². The average molecular weight is 360 g/mol. The van der Waals surface area contributed by atoms with E-state index in [0.29, 0.717) is 28.8 Å². The van der Waals surface area contributed by atoms with Crippen LogP contribution in [0.15, 0.2) is 18.2 Å². The predicted octanol–water partition coefficient (Wildman–Crippen LogP) is 2.02. The minimum absolute atomic E-state index is 0.152.